The molecule has 0 aliphatic heterocycles. The van der Waals surface area contributed by atoms with Crippen LogP contribution in [0.2, 0.25) is 0 Å². The normalized spacial score (nSPS) is 12.9. The predicted molar refractivity (Wildman–Crippen MR) is 85.5 cm³/mol. The summed E-state index contributed by atoms with van der Waals surface area (Å²) in [6, 6.07) is 5.02. The van der Waals surface area contributed by atoms with Crippen molar-refractivity contribution in [3.05, 3.63) is 51.6 Å². The molecule has 22 heavy (non-hydrogen) atoms. The van der Waals surface area contributed by atoms with Crippen molar-refractivity contribution in [3.8, 4) is 0 Å². The number of nitrogens with zero attached hydrogens (tertiary/aromatic N) is 1. The Morgan fingerprint density at radius 3 is 2.77 bits per heavy atom. The van der Waals surface area contributed by atoms with Gasteiger partial charge in [-0.3, -0.25) is 0 Å². The van der Waals surface area contributed by atoms with Gasteiger partial charge < -0.3 is 15.2 Å². The lowest BCUT2D eigenvalue weighted by Gasteiger charge is -2.07. The van der Waals surface area contributed by atoms with Gasteiger partial charge in [-0.05, 0) is 12.0 Å². The molecule has 0 saturated carbocycles. The van der Waals surface area contributed by atoms with Gasteiger partial charge in [0, 0.05) is 22.5 Å². The number of fused-ring (bicyclic) bond motifs is 1. The number of aromatic nitrogens is 2. The Balaban J connectivity index is 2.06. The van der Waals surface area contributed by atoms with Crippen LogP contribution in [0.5, 0.6) is 0 Å². The molecule has 114 valence electrons. The maximum absolute atomic E-state index is 11.2. The number of hydrogen-bond acceptors (Lipinski definition) is 4. The summed E-state index contributed by atoms with van der Waals surface area (Å²) < 4.78 is 0. The van der Waals surface area contributed by atoms with E-state index < -0.39 is 12.1 Å². The molecule has 0 spiro atoms. The summed E-state index contributed by atoms with van der Waals surface area (Å²) in [5.41, 5.74) is 2.30. The average molecular weight is 316 g/mol. The molecule has 3 aromatic rings. The molecule has 0 saturated heterocycles. The van der Waals surface area contributed by atoms with Crippen molar-refractivity contribution in [2.24, 2.45) is 0 Å². The highest BCUT2D eigenvalue weighted by Gasteiger charge is 2.21. The quantitative estimate of drug-likeness (QED) is 0.687. The van der Waals surface area contributed by atoms with Gasteiger partial charge in [0.15, 0.2) is 0 Å². The number of aliphatic hydroxyl groups is 1. The van der Waals surface area contributed by atoms with E-state index in [0.29, 0.717) is 27.4 Å². The van der Waals surface area contributed by atoms with Crippen molar-refractivity contribution in [1.82, 2.24) is 9.97 Å². The van der Waals surface area contributed by atoms with E-state index in [1.54, 1.807) is 18.3 Å². The largest absolute Gasteiger partial charge is 0.478 e. The van der Waals surface area contributed by atoms with Gasteiger partial charge in [-0.15, -0.1) is 11.3 Å². The number of carboxylic acid groups (broad SMARTS) is 1. The van der Waals surface area contributed by atoms with Crippen LogP contribution in [0.4, 0.5) is 0 Å². The lowest BCUT2D eigenvalue weighted by Crippen LogP contribution is -2.00. The zero-order chi connectivity index (χ0) is 15.9. The molecular formula is C16H16N2O3S. The Morgan fingerprint density at radius 1 is 1.36 bits per heavy atom. The highest BCUT2D eigenvalue weighted by molar-refractivity contribution is 7.09. The Hall–Kier alpha value is -2.18. The first kappa shape index (κ1) is 14.7. The minimum absolute atomic E-state index is 0.193. The zero-order valence-electron chi connectivity index (χ0n) is 12.2. The summed E-state index contributed by atoms with van der Waals surface area (Å²) in [5, 5.41) is 23.1. The number of aromatic amines is 1. The first-order valence-corrected chi connectivity index (χ1v) is 7.83. The molecule has 1 unspecified atom stereocenters. The Kier molecular flexibility index (Phi) is 3.72. The third-order valence-electron chi connectivity index (χ3n) is 3.64. The maximum atomic E-state index is 11.2. The molecule has 6 heteroatoms. The number of hydrogen-bond donors (Lipinski definition) is 3. The predicted octanol–water partition coefficient (Wildman–Crippen LogP) is 3.53. The van der Waals surface area contributed by atoms with Gasteiger partial charge in [0.05, 0.1) is 16.8 Å². The molecule has 3 N–H and O–H groups in total. The molecule has 0 fully saturated rings. The van der Waals surface area contributed by atoms with Crippen LogP contribution in [-0.4, -0.2) is 26.2 Å². The van der Waals surface area contributed by atoms with Crippen LogP contribution >= 0.6 is 11.3 Å². The van der Waals surface area contributed by atoms with Crippen LogP contribution in [0, 0.1) is 0 Å². The standard InChI is InChI=1S/C16H16N2O3S/c1-8(2)12-7-22-15(18-12)14(19)11-6-17-13-9(11)4-3-5-10(13)16(20)21/h3-8,14,17,19H,1-2H3,(H,20,21). The zero-order valence-corrected chi connectivity index (χ0v) is 13.0. The van der Waals surface area contributed by atoms with Crippen LogP contribution in [-0.2, 0) is 0 Å². The number of rotatable bonds is 4. The monoisotopic (exact) mass is 316 g/mol. The first-order valence-electron chi connectivity index (χ1n) is 6.95. The number of H-pyrrole nitrogens is 1. The lowest BCUT2D eigenvalue weighted by molar-refractivity contribution is 0.0699. The number of carbonyl (C=O) groups is 1. The highest BCUT2D eigenvalue weighted by Crippen LogP contribution is 2.32. The fraction of sp³-hybridized carbons (Fsp3) is 0.250. The fourth-order valence-corrected chi connectivity index (χ4v) is 3.39. The van der Waals surface area contributed by atoms with E-state index in [4.69, 9.17) is 0 Å². The first-order chi connectivity index (χ1) is 10.5. The number of para-hydroxylation sites is 1. The van der Waals surface area contributed by atoms with Crippen molar-refractivity contribution >= 4 is 28.2 Å². The number of aromatic carboxylic acids is 1. The van der Waals surface area contributed by atoms with Gasteiger partial charge in [0.1, 0.15) is 11.1 Å². The van der Waals surface area contributed by atoms with Gasteiger partial charge in [0.2, 0.25) is 0 Å². The molecule has 0 amide bonds. The van der Waals surface area contributed by atoms with E-state index in [2.05, 4.69) is 23.8 Å². The maximum Gasteiger partial charge on any atom is 0.337 e. The Bertz CT molecular complexity index is 835. The highest BCUT2D eigenvalue weighted by atomic mass is 32.1. The van der Waals surface area contributed by atoms with Crippen LogP contribution in [0.25, 0.3) is 10.9 Å². The molecular weight excluding hydrogens is 300 g/mol. The van der Waals surface area contributed by atoms with Crippen molar-refractivity contribution < 1.29 is 15.0 Å². The summed E-state index contributed by atoms with van der Waals surface area (Å²) in [5.74, 6) is -0.691. The molecule has 0 bridgehead atoms. The van der Waals surface area contributed by atoms with Gasteiger partial charge in [-0.25, -0.2) is 9.78 Å². The average Bonchev–Trinajstić information content (AvgIpc) is 3.13. The van der Waals surface area contributed by atoms with E-state index in [0.717, 1.165) is 5.69 Å². The van der Waals surface area contributed by atoms with E-state index in [9.17, 15) is 15.0 Å². The summed E-state index contributed by atoms with van der Waals surface area (Å²) in [6.07, 6.45) is 0.786. The van der Waals surface area contributed by atoms with Crippen molar-refractivity contribution in [3.63, 3.8) is 0 Å². The van der Waals surface area contributed by atoms with Gasteiger partial charge in [-0.1, -0.05) is 26.0 Å². The van der Waals surface area contributed by atoms with E-state index in [1.165, 1.54) is 17.4 Å². The second-order valence-electron chi connectivity index (χ2n) is 5.45. The molecule has 0 aliphatic rings. The topological polar surface area (TPSA) is 86.2 Å². The number of carboxylic acids is 1. The Labute approximate surface area is 131 Å². The fourth-order valence-electron chi connectivity index (χ4n) is 2.40. The number of thiazole rings is 1. The summed E-state index contributed by atoms with van der Waals surface area (Å²) in [7, 11) is 0. The van der Waals surface area contributed by atoms with E-state index >= 15 is 0 Å². The van der Waals surface area contributed by atoms with E-state index in [1.807, 2.05) is 5.38 Å². The van der Waals surface area contributed by atoms with Gasteiger partial charge in [-0.2, -0.15) is 0 Å². The summed E-state index contributed by atoms with van der Waals surface area (Å²) >= 11 is 1.41. The molecule has 5 nitrogen and oxygen atoms in total. The minimum atomic E-state index is -0.996. The van der Waals surface area contributed by atoms with E-state index in [-0.39, 0.29) is 5.56 Å². The second-order valence-corrected chi connectivity index (χ2v) is 6.33. The summed E-state index contributed by atoms with van der Waals surface area (Å²) in [6.45, 7) is 4.10. The molecule has 1 aromatic carbocycles. The van der Waals surface area contributed by atoms with Gasteiger partial charge in [0.25, 0.3) is 0 Å². The number of benzene rings is 1. The van der Waals surface area contributed by atoms with Crippen LogP contribution in [0.3, 0.4) is 0 Å². The van der Waals surface area contributed by atoms with Crippen LogP contribution in [0.1, 0.15) is 52.5 Å². The van der Waals surface area contributed by atoms with Crippen molar-refractivity contribution in [1.29, 1.82) is 0 Å². The molecule has 2 aromatic heterocycles. The smallest absolute Gasteiger partial charge is 0.337 e. The van der Waals surface area contributed by atoms with Crippen LogP contribution in [0.15, 0.2) is 29.8 Å². The molecule has 0 aliphatic carbocycles. The van der Waals surface area contributed by atoms with Crippen molar-refractivity contribution in [2.45, 2.75) is 25.9 Å². The molecule has 0 radical (unpaired) electrons. The minimum Gasteiger partial charge on any atom is -0.478 e. The third-order valence-corrected chi connectivity index (χ3v) is 4.55. The molecule has 2 heterocycles. The third kappa shape index (κ3) is 2.40. The molecule has 3 rings (SSSR count). The van der Waals surface area contributed by atoms with Gasteiger partial charge >= 0.3 is 5.97 Å². The lowest BCUT2D eigenvalue weighted by atomic mass is 10.1. The SMILES string of the molecule is CC(C)c1csc(C(O)c2c[nH]c3c(C(=O)O)cccc23)n1. The number of aliphatic hydroxyl groups excluding tert-OH is 1. The van der Waals surface area contributed by atoms with Crippen LogP contribution < -0.4 is 0 Å². The summed E-state index contributed by atoms with van der Waals surface area (Å²) in [4.78, 5) is 18.7. The van der Waals surface area contributed by atoms with Crippen molar-refractivity contribution in [2.75, 3.05) is 0 Å². The molecule has 1 atom stereocenters. The Morgan fingerprint density at radius 2 is 2.14 bits per heavy atom. The number of nitrogens with one attached hydrogen (secondary N) is 1. The second kappa shape index (κ2) is 5.55.